The van der Waals surface area contributed by atoms with Crippen LogP contribution in [0.2, 0.25) is 0 Å². The molecule has 1 atom stereocenters. The van der Waals surface area contributed by atoms with E-state index in [1.807, 2.05) is 0 Å². The molecule has 0 amide bonds. The van der Waals surface area contributed by atoms with E-state index in [1.54, 1.807) is 19.1 Å². The number of hydrogen-bond acceptors (Lipinski definition) is 4. The largest absolute Gasteiger partial charge is 0.467 e. The summed E-state index contributed by atoms with van der Waals surface area (Å²) < 4.78 is 33.7. The van der Waals surface area contributed by atoms with Gasteiger partial charge < -0.3 is 9.47 Å². The molecule has 1 aliphatic carbocycles. The minimum atomic E-state index is -2.90. The summed E-state index contributed by atoms with van der Waals surface area (Å²) in [7, 11) is 1.30. The van der Waals surface area contributed by atoms with E-state index in [-0.39, 0.29) is 11.8 Å². The number of carbonyl (C=O) groups is 1. The van der Waals surface area contributed by atoms with Crippen molar-refractivity contribution in [3.05, 3.63) is 29.8 Å². The maximum Gasteiger partial charge on any atom is 0.387 e. The van der Waals surface area contributed by atoms with Gasteiger partial charge in [-0.05, 0) is 37.5 Å². The smallest absolute Gasteiger partial charge is 0.387 e. The van der Waals surface area contributed by atoms with Crippen molar-refractivity contribution < 1.29 is 23.0 Å². The van der Waals surface area contributed by atoms with Gasteiger partial charge in [0.25, 0.3) is 0 Å². The summed E-state index contributed by atoms with van der Waals surface area (Å²) in [5.74, 6) is -0.441. The fraction of sp³-hybridized carbons (Fsp3) is 0.500. The zero-order chi connectivity index (χ0) is 14.8. The Kier molecular flexibility index (Phi) is 4.23. The Morgan fingerprint density at radius 2 is 2.15 bits per heavy atom. The van der Waals surface area contributed by atoms with Gasteiger partial charge >= 0.3 is 12.6 Å². The quantitative estimate of drug-likeness (QED) is 0.815. The van der Waals surface area contributed by atoms with E-state index in [1.165, 1.54) is 19.2 Å². The van der Waals surface area contributed by atoms with Gasteiger partial charge in [0.2, 0.25) is 0 Å². The van der Waals surface area contributed by atoms with E-state index in [0.29, 0.717) is 5.56 Å². The molecule has 2 rings (SSSR count). The molecule has 1 N–H and O–H groups in total. The molecule has 0 spiro atoms. The molecule has 1 aromatic carbocycles. The molecule has 1 unspecified atom stereocenters. The average Bonchev–Trinajstić information content (AvgIpc) is 3.21. The van der Waals surface area contributed by atoms with Crippen molar-refractivity contribution in [1.82, 2.24) is 5.32 Å². The Labute approximate surface area is 116 Å². The van der Waals surface area contributed by atoms with Crippen LogP contribution in [-0.2, 0) is 15.1 Å². The molecule has 1 aromatic rings. The first-order valence-corrected chi connectivity index (χ1v) is 6.37. The lowest BCUT2D eigenvalue weighted by Crippen LogP contribution is -2.48. The Morgan fingerprint density at radius 1 is 1.45 bits per heavy atom. The van der Waals surface area contributed by atoms with Crippen LogP contribution in [0.5, 0.6) is 5.75 Å². The Hall–Kier alpha value is -1.69. The first-order valence-electron chi connectivity index (χ1n) is 6.37. The summed E-state index contributed by atoms with van der Waals surface area (Å²) in [4.78, 5) is 12.1. The van der Waals surface area contributed by atoms with Crippen LogP contribution in [0.25, 0.3) is 0 Å². The summed E-state index contributed by atoms with van der Waals surface area (Å²) in [6.45, 7) is -1.22. The summed E-state index contributed by atoms with van der Waals surface area (Å²) in [5, 5.41) is 3.20. The standard InChI is InChI=1S/C14H17F2NO3/c1-14(12(18)19-2,17-10-6-7-10)9-4-3-5-11(8-9)20-13(15)16/h3-5,8,10,13,17H,6-7H2,1-2H3. The minimum absolute atomic E-state index is 0.0187. The van der Waals surface area contributed by atoms with Crippen molar-refractivity contribution in [1.29, 1.82) is 0 Å². The number of hydrogen-bond donors (Lipinski definition) is 1. The number of methoxy groups -OCH3 is 1. The summed E-state index contributed by atoms with van der Waals surface area (Å²) >= 11 is 0. The van der Waals surface area contributed by atoms with Crippen LogP contribution in [0.15, 0.2) is 24.3 Å². The monoisotopic (exact) mass is 285 g/mol. The molecule has 1 fully saturated rings. The Balaban J connectivity index is 2.29. The van der Waals surface area contributed by atoms with Crippen molar-refractivity contribution in [2.45, 2.75) is 38.0 Å². The molecule has 0 aromatic heterocycles. The molecule has 20 heavy (non-hydrogen) atoms. The molecule has 1 saturated carbocycles. The van der Waals surface area contributed by atoms with Crippen molar-refractivity contribution in [3.63, 3.8) is 0 Å². The van der Waals surface area contributed by atoms with E-state index in [2.05, 4.69) is 10.1 Å². The van der Waals surface area contributed by atoms with Gasteiger partial charge in [-0.3, -0.25) is 5.32 Å². The number of carbonyl (C=O) groups excluding carboxylic acids is 1. The van der Waals surface area contributed by atoms with E-state index in [0.717, 1.165) is 12.8 Å². The third-order valence-electron chi connectivity index (χ3n) is 3.30. The summed E-state index contributed by atoms with van der Waals surface area (Å²) in [6, 6.07) is 6.36. The fourth-order valence-electron chi connectivity index (χ4n) is 2.08. The number of nitrogens with one attached hydrogen (secondary N) is 1. The van der Waals surface area contributed by atoms with Crippen LogP contribution in [0, 0.1) is 0 Å². The van der Waals surface area contributed by atoms with Crippen LogP contribution >= 0.6 is 0 Å². The molecule has 0 saturated heterocycles. The number of benzene rings is 1. The fourth-order valence-corrected chi connectivity index (χ4v) is 2.08. The lowest BCUT2D eigenvalue weighted by atomic mass is 9.91. The first kappa shape index (κ1) is 14.7. The van der Waals surface area contributed by atoms with E-state index < -0.39 is 18.1 Å². The predicted octanol–water partition coefficient (Wildman–Crippen LogP) is 2.43. The zero-order valence-corrected chi connectivity index (χ0v) is 11.4. The van der Waals surface area contributed by atoms with Crippen molar-refractivity contribution in [2.75, 3.05) is 7.11 Å². The lowest BCUT2D eigenvalue weighted by Gasteiger charge is -2.29. The van der Waals surface area contributed by atoms with Gasteiger partial charge in [-0.15, -0.1) is 0 Å². The third kappa shape index (κ3) is 3.25. The van der Waals surface area contributed by atoms with Crippen molar-refractivity contribution >= 4 is 5.97 Å². The molecule has 0 aliphatic heterocycles. The van der Waals surface area contributed by atoms with E-state index in [9.17, 15) is 13.6 Å². The van der Waals surface area contributed by atoms with Crippen LogP contribution in [0.4, 0.5) is 8.78 Å². The first-order chi connectivity index (χ1) is 9.45. The molecule has 6 heteroatoms. The highest BCUT2D eigenvalue weighted by Gasteiger charge is 2.41. The maximum absolute atomic E-state index is 12.3. The number of halogens is 2. The second-order valence-corrected chi connectivity index (χ2v) is 4.94. The Bertz CT molecular complexity index is 491. The SMILES string of the molecule is COC(=O)C(C)(NC1CC1)c1cccc(OC(F)F)c1. The molecule has 110 valence electrons. The molecule has 1 aliphatic rings. The molecular formula is C14H17F2NO3. The highest BCUT2D eigenvalue weighted by atomic mass is 19.3. The highest BCUT2D eigenvalue weighted by molar-refractivity contribution is 5.82. The van der Waals surface area contributed by atoms with Gasteiger partial charge in [0.15, 0.2) is 0 Å². The van der Waals surface area contributed by atoms with Crippen molar-refractivity contribution in [3.8, 4) is 5.75 Å². The molecule has 0 radical (unpaired) electrons. The van der Waals surface area contributed by atoms with E-state index in [4.69, 9.17) is 4.74 Å². The topological polar surface area (TPSA) is 47.6 Å². The van der Waals surface area contributed by atoms with Crippen LogP contribution < -0.4 is 10.1 Å². The van der Waals surface area contributed by atoms with Gasteiger partial charge in [0.1, 0.15) is 11.3 Å². The molecule has 0 heterocycles. The number of ether oxygens (including phenoxy) is 2. The normalized spacial score (nSPS) is 17.6. The van der Waals surface area contributed by atoms with Gasteiger partial charge in [0.05, 0.1) is 7.11 Å². The van der Waals surface area contributed by atoms with Gasteiger partial charge in [-0.1, -0.05) is 12.1 Å². The van der Waals surface area contributed by atoms with Crippen molar-refractivity contribution in [2.24, 2.45) is 0 Å². The predicted molar refractivity (Wildman–Crippen MR) is 68.6 cm³/mol. The van der Waals surface area contributed by atoms with Crippen LogP contribution in [0.1, 0.15) is 25.3 Å². The molecule has 4 nitrogen and oxygen atoms in total. The maximum atomic E-state index is 12.3. The summed E-state index contributed by atoms with van der Waals surface area (Å²) in [6.07, 6.45) is 1.97. The zero-order valence-electron chi connectivity index (χ0n) is 11.4. The molecular weight excluding hydrogens is 268 g/mol. The van der Waals surface area contributed by atoms with Crippen LogP contribution in [0.3, 0.4) is 0 Å². The third-order valence-corrected chi connectivity index (χ3v) is 3.30. The second kappa shape index (κ2) is 5.75. The number of rotatable bonds is 6. The highest BCUT2D eigenvalue weighted by Crippen LogP contribution is 2.31. The second-order valence-electron chi connectivity index (χ2n) is 4.94. The lowest BCUT2D eigenvalue weighted by molar-refractivity contribution is -0.148. The van der Waals surface area contributed by atoms with E-state index >= 15 is 0 Å². The van der Waals surface area contributed by atoms with Gasteiger partial charge in [-0.25, -0.2) is 4.79 Å². The van der Waals surface area contributed by atoms with Gasteiger partial charge in [0, 0.05) is 6.04 Å². The average molecular weight is 285 g/mol. The Morgan fingerprint density at radius 3 is 2.70 bits per heavy atom. The number of alkyl halides is 2. The summed E-state index contributed by atoms with van der Waals surface area (Å²) in [5.41, 5.74) is -0.536. The van der Waals surface area contributed by atoms with Crippen LogP contribution in [-0.4, -0.2) is 25.7 Å². The number of esters is 1. The minimum Gasteiger partial charge on any atom is -0.467 e. The van der Waals surface area contributed by atoms with Gasteiger partial charge in [-0.2, -0.15) is 8.78 Å². The molecule has 0 bridgehead atoms.